The molecule has 0 amide bonds. The van der Waals surface area contributed by atoms with Gasteiger partial charge in [0.25, 0.3) is 0 Å². The second-order valence-corrected chi connectivity index (χ2v) is 6.45. The van der Waals surface area contributed by atoms with Gasteiger partial charge >= 0.3 is 5.97 Å². The largest absolute Gasteiger partial charge is 0.462 e. The summed E-state index contributed by atoms with van der Waals surface area (Å²) < 4.78 is 18.4. The summed E-state index contributed by atoms with van der Waals surface area (Å²) >= 11 is 1.62. The van der Waals surface area contributed by atoms with E-state index < -0.39 is 6.17 Å². The van der Waals surface area contributed by atoms with Crippen molar-refractivity contribution in [1.82, 2.24) is 0 Å². The molecule has 0 saturated heterocycles. The van der Waals surface area contributed by atoms with Crippen LogP contribution in [0.25, 0.3) is 0 Å². The van der Waals surface area contributed by atoms with Gasteiger partial charge in [0, 0.05) is 0 Å². The van der Waals surface area contributed by atoms with Crippen molar-refractivity contribution in [3.8, 4) is 0 Å². The molecule has 0 aromatic heterocycles. The van der Waals surface area contributed by atoms with Gasteiger partial charge in [-0.15, -0.1) is 11.8 Å². The molecule has 0 aromatic rings. The minimum atomic E-state index is -0.697. The van der Waals surface area contributed by atoms with Crippen molar-refractivity contribution < 1.29 is 13.9 Å². The highest BCUT2D eigenvalue weighted by atomic mass is 32.2. The Hall–Kier alpha value is -0.250. The highest BCUT2D eigenvalue weighted by Crippen LogP contribution is 2.22. The van der Waals surface area contributed by atoms with Crippen LogP contribution in [0.4, 0.5) is 4.39 Å². The van der Waals surface area contributed by atoms with E-state index in [4.69, 9.17) is 4.74 Å². The van der Waals surface area contributed by atoms with Crippen LogP contribution < -0.4 is 0 Å². The number of rotatable bonds is 11. The molecular weight excluding hydrogens is 263 g/mol. The number of halogens is 1. The Balaban J connectivity index is 4.01. The predicted molar refractivity (Wildman–Crippen MR) is 81.4 cm³/mol. The molecule has 2 nitrogen and oxygen atoms in total. The second-order valence-electron chi connectivity index (χ2n) is 5.14. The van der Waals surface area contributed by atoms with E-state index in [1.165, 1.54) is 0 Å². The van der Waals surface area contributed by atoms with E-state index in [0.717, 1.165) is 31.4 Å². The first-order valence-electron chi connectivity index (χ1n) is 7.47. The lowest BCUT2D eigenvalue weighted by molar-refractivity contribution is -0.146. The number of hydrogen-bond acceptors (Lipinski definition) is 3. The number of unbranched alkanes of at least 4 members (excludes halogenated alkanes) is 1. The first-order valence-corrected chi connectivity index (χ1v) is 8.52. The van der Waals surface area contributed by atoms with Gasteiger partial charge in [0.05, 0.1) is 12.3 Å². The molecule has 0 heterocycles. The molecule has 114 valence electrons. The van der Waals surface area contributed by atoms with Crippen LogP contribution in [0.5, 0.6) is 0 Å². The van der Waals surface area contributed by atoms with Gasteiger partial charge in [0.2, 0.25) is 0 Å². The average molecular weight is 292 g/mol. The molecule has 0 aliphatic carbocycles. The van der Waals surface area contributed by atoms with Crippen LogP contribution >= 0.6 is 11.8 Å². The first kappa shape index (κ1) is 18.8. The van der Waals surface area contributed by atoms with Crippen LogP contribution in [0, 0.1) is 0 Å². The Labute approximate surface area is 121 Å². The number of thioether (sulfide) groups is 1. The smallest absolute Gasteiger partial charge is 0.319 e. The van der Waals surface area contributed by atoms with Gasteiger partial charge in [-0.25, -0.2) is 4.39 Å². The minimum absolute atomic E-state index is 0.0625. The lowest BCUT2D eigenvalue weighted by Gasteiger charge is -2.17. The Morgan fingerprint density at radius 2 is 1.89 bits per heavy atom. The molecule has 19 heavy (non-hydrogen) atoms. The molecule has 2 atom stereocenters. The Bertz CT molecular complexity index is 234. The van der Waals surface area contributed by atoms with Gasteiger partial charge in [-0.1, -0.05) is 26.7 Å². The first-order chi connectivity index (χ1) is 9.01. The van der Waals surface area contributed by atoms with Crippen LogP contribution in [0.3, 0.4) is 0 Å². The van der Waals surface area contributed by atoms with Gasteiger partial charge in [0.15, 0.2) is 0 Å². The van der Waals surface area contributed by atoms with Crippen LogP contribution in [0.1, 0.15) is 66.2 Å². The summed E-state index contributed by atoms with van der Waals surface area (Å²) in [6, 6.07) is 0. The summed E-state index contributed by atoms with van der Waals surface area (Å²) in [5.74, 6) is 0.725. The maximum Gasteiger partial charge on any atom is 0.319 e. The molecule has 0 bridgehead atoms. The molecule has 0 aliphatic heterocycles. The van der Waals surface area contributed by atoms with Crippen molar-refractivity contribution in [2.45, 2.75) is 83.7 Å². The minimum Gasteiger partial charge on any atom is -0.462 e. The second kappa shape index (κ2) is 11.6. The van der Waals surface area contributed by atoms with Gasteiger partial charge < -0.3 is 4.74 Å². The summed E-state index contributed by atoms with van der Waals surface area (Å²) in [4.78, 5) is 11.9. The summed E-state index contributed by atoms with van der Waals surface area (Å²) in [5.41, 5.74) is 0. The van der Waals surface area contributed by atoms with Gasteiger partial charge in [-0.3, -0.25) is 4.79 Å². The molecule has 0 radical (unpaired) electrons. The van der Waals surface area contributed by atoms with Gasteiger partial charge in [-0.2, -0.15) is 0 Å². The van der Waals surface area contributed by atoms with E-state index in [-0.39, 0.29) is 17.3 Å². The molecule has 0 aromatic carbocycles. The number of alkyl halides is 1. The fraction of sp³-hybridized carbons (Fsp3) is 0.933. The number of esters is 1. The number of carbonyl (C=O) groups is 1. The van der Waals surface area contributed by atoms with E-state index >= 15 is 0 Å². The highest BCUT2D eigenvalue weighted by molar-refractivity contribution is 8.00. The zero-order valence-corrected chi connectivity index (χ0v) is 13.6. The Morgan fingerprint density at radius 3 is 2.42 bits per heavy atom. The zero-order chi connectivity index (χ0) is 14.7. The summed E-state index contributed by atoms with van der Waals surface area (Å²) in [5, 5.41) is -0.0814. The zero-order valence-electron chi connectivity index (χ0n) is 12.8. The Morgan fingerprint density at radius 1 is 1.21 bits per heavy atom. The summed E-state index contributed by atoms with van der Waals surface area (Å²) in [6.07, 6.45) is 4.23. The van der Waals surface area contributed by atoms with Crippen molar-refractivity contribution in [2.75, 3.05) is 5.75 Å². The molecule has 0 saturated carbocycles. The number of hydrogen-bond donors (Lipinski definition) is 0. The van der Waals surface area contributed by atoms with Crippen molar-refractivity contribution in [3.05, 3.63) is 0 Å². The molecule has 0 N–H and O–H groups in total. The lowest BCUT2D eigenvalue weighted by atomic mass is 10.2. The van der Waals surface area contributed by atoms with Crippen LogP contribution in [0.15, 0.2) is 0 Å². The van der Waals surface area contributed by atoms with E-state index in [9.17, 15) is 9.18 Å². The van der Waals surface area contributed by atoms with E-state index in [1.54, 1.807) is 11.8 Å². The average Bonchev–Trinajstić information content (AvgIpc) is 2.36. The summed E-state index contributed by atoms with van der Waals surface area (Å²) in [7, 11) is 0. The number of carbonyl (C=O) groups excluding carboxylic acids is 1. The number of ether oxygens (including phenoxy) is 1. The third-order valence-corrected chi connectivity index (χ3v) is 4.21. The van der Waals surface area contributed by atoms with E-state index in [2.05, 4.69) is 6.92 Å². The Kier molecular flexibility index (Phi) is 11.4. The lowest BCUT2D eigenvalue weighted by Crippen LogP contribution is -2.24. The van der Waals surface area contributed by atoms with Gasteiger partial charge in [-0.05, 0) is 45.3 Å². The predicted octanol–water partition coefficient (Wildman–Crippen LogP) is 4.76. The van der Waals surface area contributed by atoms with E-state index in [1.807, 2.05) is 20.8 Å². The molecule has 4 heteroatoms. The maximum atomic E-state index is 13.1. The fourth-order valence-corrected chi connectivity index (χ4v) is 2.84. The van der Waals surface area contributed by atoms with E-state index in [0.29, 0.717) is 12.8 Å². The van der Waals surface area contributed by atoms with Gasteiger partial charge in [0.1, 0.15) is 5.25 Å². The van der Waals surface area contributed by atoms with Crippen molar-refractivity contribution >= 4 is 17.7 Å². The molecule has 0 rings (SSSR count). The molecule has 2 unspecified atom stereocenters. The van der Waals surface area contributed by atoms with Crippen LogP contribution in [-0.2, 0) is 9.53 Å². The fourth-order valence-electron chi connectivity index (χ4n) is 1.70. The van der Waals surface area contributed by atoms with Crippen molar-refractivity contribution in [2.24, 2.45) is 0 Å². The van der Waals surface area contributed by atoms with Crippen molar-refractivity contribution in [1.29, 1.82) is 0 Å². The molecule has 0 spiro atoms. The maximum absolute atomic E-state index is 13.1. The third kappa shape index (κ3) is 10.2. The third-order valence-electron chi connectivity index (χ3n) is 2.86. The van der Waals surface area contributed by atoms with Crippen LogP contribution in [-0.4, -0.2) is 29.2 Å². The van der Waals surface area contributed by atoms with Crippen molar-refractivity contribution in [3.63, 3.8) is 0 Å². The standard InChI is InChI=1S/C15H29FO2S/c1-5-7-10-14(15(17)18-12(3)4)19-11-8-9-13(16)6-2/h12-14H,5-11H2,1-4H3. The van der Waals surface area contributed by atoms with Crippen LogP contribution in [0.2, 0.25) is 0 Å². The molecule has 0 aliphatic rings. The summed E-state index contributed by atoms with van der Waals surface area (Å²) in [6.45, 7) is 7.72. The topological polar surface area (TPSA) is 26.3 Å². The monoisotopic (exact) mass is 292 g/mol. The quantitative estimate of drug-likeness (QED) is 0.406. The SMILES string of the molecule is CCCCC(SCCCC(F)CC)C(=O)OC(C)C. The molecular formula is C15H29FO2S. The highest BCUT2D eigenvalue weighted by Gasteiger charge is 2.20. The normalized spacial score (nSPS) is 14.4. The molecule has 0 fully saturated rings.